The third-order valence-corrected chi connectivity index (χ3v) is 5.67. The van der Waals surface area contributed by atoms with Crippen LogP contribution in [0.4, 0.5) is 0 Å². The van der Waals surface area contributed by atoms with Gasteiger partial charge < -0.3 is 31.2 Å². The molecular weight excluding hydrogens is 372 g/mol. The van der Waals surface area contributed by atoms with E-state index < -0.39 is 36.3 Å². The van der Waals surface area contributed by atoms with E-state index in [1.807, 2.05) is 0 Å². The summed E-state index contributed by atoms with van der Waals surface area (Å²) in [4.78, 5) is 13.6. The van der Waals surface area contributed by atoms with Crippen molar-refractivity contribution in [2.75, 3.05) is 0 Å². The molecule has 156 valence electrons. The van der Waals surface area contributed by atoms with Crippen LogP contribution in [0.5, 0.6) is 0 Å². The van der Waals surface area contributed by atoms with Crippen molar-refractivity contribution in [1.29, 1.82) is 0 Å². The van der Waals surface area contributed by atoms with Gasteiger partial charge in [0.05, 0.1) is 0 Å². The smallest absolute Gasteiger partial charge is 0.0422 e. The van der Waals surface area contributed by atoms with Crippen LogP contribution in [0.25, 0.3) is 0 Å². The number of nitrogens with zero attached hydrogens (tertiary/aromatic N) is 6. The van der Waals surface area contributed by atoms with Crippen molar-refractivity contribution in [1.82, 2.24) is 31.4 Å². The first-order valence-electron chi connectivity index (χ1n) is 8.67. The van der Waals surface area contributed by atoms with Crippen molar-refractivity contribution in [2.24, 2.45) is 0 Å². The minimum atomic E-state index is -0.815. The Labute approximate surface area is 153 Å². The molecule has 6 unspecified atom stereocenters. The molecule has 15 heteroatoms. The first-order valence-corrected chi connectivity index (χ1v) is 8.67. The van der Waals surface area contributed by atoms with Gasteiger partial charge in [-0.3, -0.25) is 0 Å². The molecular formula is C12H18N6O9-6. The van der Waals surface area contributed by atoms with E-state index in [4.69, 9.17) is 4.94 Å². The predicted molar refractivity (Wildman–Crippen MR) is 84.9 cm³/mol. The molecule has 0 aromatic carbocycles. The molecule has 0 aromatic heterocycles. The number of rotatable bonds is 4. The third-order valence-electron chi connectivity index (χ3n) is 5.67. The molecule has 4 fully saturated rings. The SMILES string of the molecule is [O-]N(ON([O-])C1CCC2C(C1)N([O-])ON2[O-])C1CCC2C(C1)N([O-])ON2[O-]. The maximum absolute atomic E-state index is 12.2. The Morgan fingerprint density at radius 1 is 0.630 bits per heavy atom. The first kappa shape index (κ1) is 19.7. The Balaban J connectivity index is 1.30. The standard InChI is InChI=1S/C12H18N6O9/c19-13(7-1-3-9-11(5-7)17(23)26-15(9)21)25-14(20)8-2-4-10-12(6-8)18(24)27-16(10)22/h7-12H,1-6H2/q-6. The van der Waals surface area contributed by atoms with Gasteiger partial charge in [-0.15, -0.1) is 0 Å². The van der Waals surface area contributed by atoms with Gasteiger partial charge in [0.25, 0.3) is 0 Å². The largest absolute Gasteiger partial charge is 0.760 e. The molecule has 27 heavy (non-hydrogen) atoms. The molecule has 2 heterocycles. The summed E-state index contributed by atoms with van der Waals surface area (Å²) in [6.45, 7) is 0. The highest BCUT2D eigenvalue weighted by molar-refractivity contribution is 4.96. The van der Waals surface area contributed by atoms with Crippen LogP contribution in [-0.2, 0) is 14.8 Å². The summed E-state index contributed by atoms with van der Waals surface area (Å²) in [7, 11) is 0. The highest BCUT2D eigenvalue weighted by atomic mass is 17.1. The molecule has 0 radical (unpaired) electrons. The van der Waals surface area contributed by atoms with Crippen LogP contribution < -0.4 is 0 Å². The summed E-state index contributed by atoms with van der Waals surface area (Å²) in [6.07, 6.45) is 0.995. The number of hydrogen-bond donors (Lipinski definition) is 0. The zero-order valence-corrected chi connectivity index (χ0v) is 14.1. The van der Waals surface area contributed by atoms with Gasteiger partial charge in [0.1, 0.15) is 0 Å². The van der Waals surface area contributed by atoms with Gasteiger partial charge in [-0.05, 0) is 38.5 Å². The maximum Gasteiger partial charge on any atom is 0.0422 e. The molecule has 15 nitrogen and oxygen atoms in total. The summed E-state index contributed by atoms with van der Waals surface area (Å²) < 4.78 is 0. The molecule has 0 N–H and O–H groups in total. The van der Waals surface area contributed by atoms with E-state index in [-0.39, 0.29) is 69.9 Å². The van der Waals surface area contributed by atoms with Crippen LogP contribution in [-0.4, -0.2) is 67.6 Å². The zero-order chi connectivity index (χ0) is 19.3. The van der Waals surface area contributed by atoms with Gasteiger partial charge in [-0.1, -0.05) is 0 Å². The Hall–Kier alpha value is -0.600. The molecule has 2 saturated heterocycles. The lowest BCUT2D eigenvalue weighted by molar-refractivity contribution is -0.318. The van der Waals surface area contributed by atoms with Crippen molar-refractivity contribution in [3.63, 3.8) is 0 Å². The Morgan fingerprint density at radius 2 is 1.00 bits per heavy atom. The average molecular weight is 390 g/mol. The van der Waals surface area contributed by atoms with E-state index in [0.717, 1.165) is 0 Å². The summed E-state index contributed by atoms with van der Waals surface area (Å²) >= 11 is 0. The second-order valence-corrected chi connectivity index (χ2v) is 7.16. The van der Waals surface area contributed by atoms with Gasteiger partial charge in [0, 0.05) is 36.3 Å². The topological polar surface area (TPSA) is 185 Å². The fourth-order valence-corrected chi connectivity index (χ4v) is 4.16. The van der Waals surface area contributed by atoms with E-state index in [1.54, 1.807) is 0 Å². The zero-order valence-electron chi connectivity index (χ0n) is 14.1. The van der Waals surface area contributed by atoms with Gasteiger partial charge in [0.15, 0.2) is 0 Å². The summed E-state index contributed by atoms with van der Waals surface area (Å²) in [5.41, 5.74) is 0. The fraction of sp³-hybridized carbons (Fsp3) is 1.00. The van der Waals surface area contributed by atoms with Crippen molar-refractivity contribution >= 4 is 0 Å². The molecule has 0 amide bonds. The highest BCUT2D eigenvalue weighted by Gasteiger charge is 2.41. The minimum Gasteiger partial charge on any atom is -0.760 e. The monoisotopic (exact) mass is 390 g/mol. The molecule has 4 rings (SSSR count). The van der Waals surface area contributed by atoms with E-state index in [0.29, 0.717) is 0 Å². The molecule has 2 aliphatic carbocycles. The number of hydrogen-bond acceptors (Lipinski definition) is 15. The normalized spacial score (nSPS) is 42.2. The predicted octanol–water partition coefficient (Wildman–Crippen LogP) is -0.0684. The molecule has 0 aromatic rings. The third kappa shape index (κ3) is 3.69. The Morgan fingerprint density at radius 3 is 1.41 bits per heavy atom. The lowest BCUT2D eigenvalue weighted by Gasteiger charge is -2.49. The molecule has 0 bridgehead atoms. The lowest BCUT2D eigenvalue weighted by Crippen LogP contribution is -2.50. The van der Waals surface area contributed by atoms with Crippen molar-refractivity contribution in [2.45, 2.75) is 74.8 Å². The maximum atomic E-state index is 12.2. The van der Waals surface area contributed by atoms with E-state index in [1.165, 1.54) is 0 Å². The quantitative estimate of drug-likeness (QED) is 0.580. The lowest BCUT2D eigenvalue weighted by atomic mass is 9.87. The molecule has 6 atom stereocenters. The number of fused-ring (bicyclic) bond motifs is 2. The first-order chi connectivity index (χ1) is 12.8. The molecule has 2 saturated carbocycles. The van der Waals surface area contributed by atoms with Crippen LogP contribution in [0.3, 0.4) is 0 Å². The van der Waals surface area contributed by atoms with E-state index in [2.05, 4.69) is 9.88 Å². The second-order valence-electron chi connectivity index (χ2n) is 7.16. The minimum absolute atomic E-state index is 0.00688. The molecule has 2 aliphatic heterocycles. The second kappa shape index (κ2) is 7.67. The summed E-state index contributed by atoms with van der Waals surface area (Å²) in [6, 6.07) is -4.55. The Kier molecular flexibility index (Phi) is 5.60. The van der Waals surface area contributed by atoms with Gasteiger partial charge in [0.2, 0.25) is 0 Å². The van der Waals surface area contributed by atoms with Gasteiger partial charge in [-0.2, -0.15) is 0 Å². The van der Waals surface area contributed by atoms with E-state index in [9.17, 15) is 31.2 Å². The number of hydroxylamine groups is 12. The average Bonchev–Trinajstić information content (AvgIpc) is 3.10. The van der Waals surface area contributed by atoms with Crippen LogP contribution in [0.15, 0.2) is 0 Å². The Bertz CT molecular complexity index is 492. The van der Waals surface area contributed by atoms with Crippen LogP contribution in [0.1, 0.15) is 38.5 Å². The summed E-state index contributed by atoms with van der Waals surface area (Å²) in [5.74, 6) is 0. The van der Waals surface area contributed by atoms with Crippen molar-refractivity contribution in [3.05, 3.63) is 31.2 Å². The van der Waals surface area contributed by atoms with Crippen molar-refractivity contribution in [3.8, 4) is 0 Å². The summed E-state index contributed by atoms with van der Waals surface area (Å²) in [5, 5.41) is 71.4. The fourth-order valence-electron chi connectivity index (χ4n) is 4.16. The van der Waals surface area contributed by atoms with Crippen LogP contribution in [0.2, 0.25) is 0 Å². The van der Waals surface area contributed by atoms with Gasteiger partial charge in [-0.25, -0.2) is 46.2 Å². The highest BCUT2D eigenvalue weighted by Crippen LogP contribution is 2.36. The van der Waals surface area contributed by atoms with Gasteiger partial charge >= 0.3 is 0 Å². The van der Waals surface area contributed by atoms with Crippen LogP contribution >= 0.6 is 0 Å². The van der Waals surface area contributed by atoms with Crippen LogP contribution in [0, 0.1) is 31.2 Å². The molecule has 4 aliphatic rings. The van der Waals surface area contributed by atoms with Crippen molar-refractivity contribution < 1.29 is 14.8 Å². The molecule has 0 spiro atoms. The van der Waals surface area contributed by atoms with E-state index >= 15 is 0 Å².